The molecule has 0 unspecified atom stereocenters. The van der Waals surface area contributed by atoms with Gasteiger partial charge in [-0.15, -0.1) is 0 Å². The van der Waals surface area contributed by atoms with Gasteiger partial charge >= 0.3 is 0 Å². The molecule has 5 nitrogen and oxygen atoms in total. The number of imidazole rings is 1. The number of benzene rings is 2. The van der Waals surface area contributed by atoms with E-state index >= 15 is 0 Å². The molecule has 3 heterocycles. The first-order valence-corrected chi connectivity index (χ1v) is 12.5. The lowest BCUT2D eigenvalue weighted by molar-refractivity contribution is 0.321. The van der Waals surface area contributed by atoms with Crippen LogP contribution in [0.4, 0.5) is 0 Å². The molecule has 2 aromatic carbocycles. The zero-order chi connectivity index (χ0) is 22.8. The molecule has 0 saturated carbocycles. The Hall–Kier alpha value is -2.39. The summed E-state index contributed by atoms with van der Waals surface area (Å²) in [6.07, 6.45) is 0. The van der Waals surface area contributed by atoms with Crippen molar-refractivity contribution in [1.29, 1.82) is 0 Å². The van der Waals surface area contributed by atoms with E-state index in [0.29, 0.717) is 4.77 Å². The SMILES string of the molecule is CCN(CC)CC.Cc1ccccc1-n1c(=S)sc2c1nc(=S)n1c3ccccc3[nH]c21. The van der Waals surface area contributed by atoms with E-state index in [2.05, 4.69) is 49.7 Å². The topological polar surface area (TPSA) is 41.3 Å². The van der Waals surface area contributed by atoms with Gasteiger partial charge in [0.05, 0.1) is 16.7 Å². The number of nitrogens with one attached hydrogen (secondary N) is 1. The molecule has 0 fully saturated rings. The summed E-state index contributed by atoms with van der Waals surface area (Å²) in [6.45, 7) is 12.2. The highest BCUT2D eigenvalue weighted by atomic mass is 32.1. The highest BCUT2D eigenvalue weighted by molar-refractivity contribution is 7.73. The monoisotopic (exact) mass is 481 g/mol. The van der Waals surface area contributed by atoms with Gasteiger partial charge in [0.2, 0.25) is 4.77 Å². The second-order valence-electron chi connectivity index (χ2n) is 7.48. The number of para-hydroxylation sites is 3. The Morgan fingerprint density at radius 1 is 0.969 bits per heavy atom. The zero-order valence-corrected chi connectivity index (χ0v) is 21.2. The number of rotatable bonds is 4. The van der Waals surface area contributed by atoms with Crippen LogP contribution in [-0.4, -0.2) is 43.5 Å². The molecule has 166 valence electrons. The predicted molar refractivity (Wildman–Crippen MR) is 142 cm³/mol. The molecule has 5 rings (SSSR count). The van der Waals surface area contributed by atoms with Gasteiger partial charge in [0.25, 0.3) is 0 Å². The maximum atomic E-state index is 5.67. The van der Waals surface area contributed by atoms with Gasteiger partial charge in [-0.25, -0.2) is 0 Å². The van der Waals surface area contributed by atoms with Gasteiger partial charge in [-0.2, -0.15) is 4.98 Å². The minimum absolute atomic E-state index is 0.523. The van der Waals surface area contributed by atoms with Crippen LogP contribution in [0.25, 0.3) is 32.7 Å². The fourth-order valence-electron chi connectivity index (χ4n) is 3.90. The second kappa shape index (κ2) is 9.62. The lowest BCUT2D eigenvalue weighted by Gasteiger charge is -2.13. The molecular weight excluding hydrogens is 455 g/mol. The molecule has 0 spiro atoms. The minimum atomic E-state index is 0.523. The molecule has 0 aliphatic rings. The number of nitrogens with zero attached hydrogens (tertiary/aromatic N) is 4. The van der Waals surface area contributed by atoms with Gasteiger partial charge in [-0.3, -0.25) is 8.97 Å². The number of H-pyrrole nitrogens is 1. The van der Waals surface area contributed by atoms with E-state index in [1.165, 1.54) is 19.6 Å². The van der Waals surface area contributed by atoms with Crippen molar-refractivity contribution in [3.63, 3.8) is 0 Å². The van der Waals surface area contributed by atoms with E-state index in [1.54, 1.807) is 11.3 Å². The van der Waals surface area contributed by atoms with Crippen molar-refractivity contribution in [1.82, 2.24) is 23.8 Å². The third-order valence-corrected chi connectivity index (χ3v) is 7.36. The standard InChI is InChI=1S/C18H12N4S3.C6H15N/c1-10-6-2-4-8-12(10)22-16-14(25-18(22)24)15-19-11-7-3-5-9-13(11)21(15)17(23)20-16;1-4-7(5-2)6-3/h2-9,19H,1H3;4-6H2,1-3H3. The molecule has 0 radical (unpaired) electrons. The van der Waals surface area contributed by atoms with Crippen molar-refractivity contribution < 1.29 is 0 Å². The van der Waals surface area contributed by atoms with Gasteiger partial charge in [0, 0.05) is 0 Å². The summed E-state index contributed by atoms with van der Waals surface area (Å²) in [5.74, 6) is 0. The van der Waals surface area contributed by atoms with Crippen LogP contribution >= 0.6 is 35.8 Å². The van der Waals surface area contributed by atoms with Crippen molar-refractivity contribution in [2.24, 2.45) is 0 Å². The molecule has 0 aliphatic carbocycles. The Morgan fingerprint density at radius 3 is 2.28 bits per heavy atom. The largest absolute Gasteiger partial charge is 0.338 e. The van der Waals surface area contributed by atoms with Crippen molar-refractivity contribution in [2.45, 2.75) is 27.7 Å². The predicted octanol–water partition coefficient (Wildman–Crippen LogP) is 6.94. The maximum Gasteiger partial charge on any atom is 0.207 e. The number of hydrogen-bond acceptors (Lipinski definition) is 5. The van der Waals surface area contributed by atoms with E-state index in [0.717, 1.165) is 42.2 Å². The molecule has 5 aromatic rings. The first-order valence-electron chi connectivity index (χ1n) is 10.8. The molecule has 0 saturated heterocycles. The molecule has 3 aromatic heterocycles. The van der Waals surface area contributed by atoms with Gasteiger partial charge in [-0.1, -0.05) is 62.4 Å². The third kappa shape index (κ3) is 4.03. The summed E-state index contributed by atoms with van der Waals surface area (Å²) in [4.78, 5) is 10.6. The van der Waals surface area contributed by atoms with Crippen LogP contribution in [0.3, 0.4) is 0 Å². The molecule has 8 heteroatoms. The number of thiazole rings is 1. The summed E-state index contributed by atoms with van der Waals surface area (Å²) in [5, 5.41) is 0. The summed E-state index contributed by atoms with van der Waals surface area (Å²) in [6, 6.07) is 16.3. The number of aromatic nitrogens is 4. The van der Waals surface area contributed by atoms with E-state index in [-0.39, 0.29) is 0 Å². The van der Waals surface area contributed by atoms with E-state index in [9.17, 15) is 0 Å². The normalized spacial score (nSPS) is 11.4. The Bertz CT molecular complexity index is 1500. The Morgan fingerprint density at radius 2 is 1.62 bits per heavy atom. The Kier molecular flexibility index (Phi) is 6.85. The summed E-state index contributed by atoms with van der Waals surface area (Å²) < 4.78 is 6.30. The second-order valence-corrected chi connectivity index (χ2v) is 9.49. The average molecular weight is 482 g/mol. The number of hydrogen-bond donors (Lipinski definition) is 1. The van der Waals surface area contributed by atoms with Crippen LogP contribution in [0, 0.1) is 15.6 Å². The summed E-state index contributed by atoms with van der Waals surface area (Å²) in [5.41, 5.74) is 6.00. The summed E-state index contributed by atoms with van der Waals surface area (Å²) >= 11 is 12.8. The van der Waals surface area contributed by atoms with Gasteiger partial charge in [0.15, 0.2) is 9.60 Å². The third-order valence-electron chi connectivity index (χ3n) is 5.71. The van der Waals surface area contributed by atoms with Crippen LogP contribution in [0.1, 0.15) is 26.3 Å². The smallest absolute Gasteiger partial charge is 0.207 e. The van der Waals surface area contributed by atoms with Crippen molar-refractivity contribution >= 4 is 62.8 Å². The molecule has 0 atom stereocenters. The van der Waals surface area contributed by atoms with E-state index in [1.807, 2.05) is 45.4 Å². The first kappa shape index (κ1) is 22.8. The van der Waals surface area contributed by atoms with Crippen LogP contribution in [-0.2, 0) is 0 Å². The maximum absolute atomic E-state index is 5.67. The quantitative estimate of drug-likeness (QED) is 0.282. The fourth-order valence-corrected chi connectivity index (χ4v) is 5.52. The van der Waals surface area contributed by atoms with Crippen molar-refractivity contribution in [3.8, 4) is 5.69 Å². The lowest BCUT2D eigenvalue weighted by Crippen LogP contribution is -2.21. The van der Waals surface area contributed by atoms with Gasteiger partial charge in [0.1, 0.15) is 10.3 Å². The first-order chi connectivity index (χ1) is 15.5. The van der Waals surface area contributed by atoms with E-state index in [4.69, 9.17) is 29.4 Å². The number of aryl methyl sites for hydroxylation is 1. The zero-order valence-electron chi connectivity index (χ0n) is 18.8. The molecule has 0 bridgehead atoms. The van der Waals surface area contributed by atoms with Crippen LogP contribution < -0.4 is 0 Å². The van der Waals surface area contributed by atoms with Crippen molar-refractivity contribution in [2.75, 3.05) is 19.6 Å². The molecule has 0 amide bonds. The van der Waals surface area contributed by atoms with Crippen LogP contribution in [0.15, 0.2) is 48.5 Å². The van der Waals surface area contributed by atoms with E-state index < -0.39 is 0 Å². The minimum Gasteiger partial charge on any atom is -0.338 e. The number of aromatic amines is 1. The lowest BCUT2D eigenvalue weighted by atomic mass is 10.2. The molecular formula is C24H27N5S3. The average Bonchev–Trinajstić information content (AvgIpc) is 3.34. The molecule has 0 aliphatic heterocycles. The summed E-state index contributed by atoms with van der Waals surface area (Å²) in [7, 11) is 0. The highest BCUT2D eigenvalue weighted by Gasteiger charge is 2.16. The van der Waals surface area contributed by atoms with Crippen LogP contribution in [0.5, 0.6) is 0 Å². The number of fused-ring (bicyclic) bond motifs is 5. The molecule has 32 heavy (non-hydrogen) atoms. The van der Waals surface area contributed by atoms with Gasteiger partial charge in [-0.05, 0) is 74.8 Å². The van der Waals surface area contributed by atoms with Crippen LogP contribution in [0.2, 0.25) is 0 Å². The Balaban J connectivity index is 0.000000307. The van der Waals surface area contributed by atoms with Gasteiger partial charge < -0.3 is 9.88 Å². The highest BCUT2D eigenvalue weighted by Crippen LogP contribution is 2.31. The fraction of sp³-hybridized carbons (Fsp3) is 0.292. The van der Waals surface area contributed by atoms with Crippen molar-refractivity contribution in [3.05, 3.63) is 62.8 Å². The Labute approximate surface area is 202 Å². The molecule has 1 N–H and O–H groups in total.